The van der Waals surface area contributed by atoms with Crippen LogP contribution in [0, 0.1) is 35.0 Å². The minimum Gasteiger partial charge on any atom is -0.0956 e. The van der Waals surface area contributed by atoms with Crippen LogP contribution in [0.15, 0.2) is 35.5 Å². The van der Waals surface area contributed by atoms with E-state index < -0.39 is 0 Å². The molecule has 0 spiro atoms. The van der Waals surface area contributed by atoms with Crippen molar-refractivity contribution >= 4 is 0 Å². The van der Waals surface area contributed by atoms with E-state index in [0.717, 1.165) is 29.6 Å². The van der Waals surface area contributed by atoms with Gasteiger partial charge >= 0.3 is 0 Å². The fraction of sp³-hybridized carbons (Fsp3) is 0.786. The van der Waals surface area contributed by atoms with Crippen molar-refractivity contribution in [1.82, 2.24) is 0 Å². The highest BCUT2D eigenvalue weighted by Gasteiger charge is 2.50. The summed E-state index contributed by atoms with van der Waals surface area (Å²) in [6.07, 6.45) is 20.1. The molecule has 5 atom stereocenters. The maximum absolute atomic E-state index is 4.35. The molecule has 158 valence electrons. The average Bonchev–Trinajstić information content (AvgIpc) is 2.99. The SMILES string of the molecule is C=C1CC[C@H](C)C/C1=C/C=C1\CCC[C@@]2(C)C1CCC2[C@H](C)CCCC(C)C. The third-order valence-electron chi connectivity index (χ3n) is 8.63. The Morgan fingerprint density at radius 2 is 1.86 bits per heavy atom. The zero-order valence-electron chi connectivity index (χ0n) is 19.5. The molecular weight excluding hydrogens is 336 g/mol. The first-order valence-corrected chi connectivity index (χ1v) is 12.4. The van der Waals surface area contributed by atoms with E-state index in [1.807, 2.05) is 0 Å². The maximum Gasteiger partial charge on any atom is -0.0143 e. The Labute approximate surface area is 176 Å². The molecule has 0 aromatic carbocycles. The van der Waals surface area contributed by atoms with Crippen LogP contribution in [0.1, 0.15) is 105 Å². The summed E-state index contributed by atoms with van der Waals surface area (Å²) < 4.78 is 0. The zero-order chi connectivity index (χ0) is 20.3. The fourth-order valence-corrected chi connectivity index (χ4v) is 6.86. The largest absolute Gasteiger partial charge is 0.0956 e. The molecule has 0 radical (unpaired) electrons. The van der Waals surface area contributed by atoms with Crippen LogP contribution in [-0.4, -0.2) is 0 Å². The van der Waals surface area contributed by atoms with E-state index >= 15 is 0 Å². The normalized spacial score (nSPS) is 37.6. The summed E-state index contributed by atoms with van der Waals surface area (Å²) in [5.74, 6) is 4.35. The van der Waals surface area contributed by atoms with Crippen LogP contribution in [0.25, 0.3) is 0 Å². The van der Waals surface area contributed by atoms with Crippen molar-refractivity contribution in [2.24, 2.45) is 35.0 Å². The van der Waals surface area contributed by atoms with Crippen LogP contribution >= 0.6 is 0 Å². The Kier molecular flexibility index (Phi) is 7.32. The molecule has 0 aliphatic heterocycles. The highest BCUT2D eigenvalue weighted by molar-refractivity contribution is 5.36. The second kappa shape index (κ2) is 9.36. The molecule has 3 saturated carbocycles. The molecule has 3 aliphatic rings. The second-order valence-corrected chi connectivity index (χ2v) is 11.3. The van der Waals surface area contributed by atoms with Gasteiger partial charge in [-0.3, -0.25) is 0 Å². The monoisotopic (exact) mass is 382 g/mol. The fourth-order valence-electron chi connectivity index (χ4n) is 6.86. The minimum absolute atomic E-state index is 0.552. The Bertz CT molecular complexity index is 604. The van der Waals surface area contributed by atoms with Crippen LogP contribution in [0.5, 0.6) is 0 Å². The molecule has 0 nitrogen and oxygen atoms in total. The number of hydrogen-bond acceptors (Lipinski definition) is 0. The highest BCUT2D eigenvalue weighted by atomic mass is 14.5. The van der Waals surface area contributed by atoms with Crippen molar-refractivity contribution in [3.8, 4) is 0 Å². The molecule has 0 bridgehead atoms. The van der Waals surface area contributed by atoms with Crippen LogP contribution < -0.4 is 0 Å². The summed E-state index contributed by atoms with van der Waals surface area (Å²) in [6, 6.07) is 0. The van der Waals surface area contributed by atoms with Gasteiger partial charge in [0, 0.05) is 0 Å². The molecule has 0 amide bonds. The van der Waals surface area contributed by atoms with Gasteiger partial charge in [0.15, 0.2) is 0 Å². The molecule has 0 heteroatoms. The quantitative estimate of drug-likeness (QED) is 0.430. The van der Waals surface area contributed by atoms with E-state index in [0.29, 0.717) is 5.41 Å². The molecule has 0 heterocycles. The molecule has 2 unspecified atom stereocenters. The van der Waals surface area contributed by atoms with Gasteiger partial charge in [-0.1, -0.05) is 83.8 Å². The summed E-state index contributed by atoms with van der Waals surface area (Å²) in [4.78, 5) is 0. The summed E-state index contributed by atoms with van der Waals surface area (Å²) >= 11 is 0. The zero-order valence-corrected chi connectivity index (χ0v) is 19.5. The van der Waals surface area contributed by atoms with Gasteiger partial charge in [-0.25, -0.2) is 0 Å². The van der Waals surface area contributed by atoms with Crippen molar-refractivity contribution in [1.29, 1.82) is 0 Å². The lowest BCUT2D eigenvalue weighted by Crippen LogP contribution is -2.36. The molecule has 0 aromatic rings. The minimum atomic E-state index is 0.552. The second-order valence-electron chi connectivity index (χ2n) is 11.3. The van der Waals surface area contributed by atoms with Crippen molar-refractivity contribution in [2.45, 2.75) is 105 Å². The van der Waals surface area contributed by atoms with E-state index in [-0.39, 0.29) is 0 Å². The molecule has 3 rings (SSSR count). The molecule has 3 aliphatic carbocycles. The van der Waals surface area contributed by atoms with E-state index in [1.54, 1.807) is 5.57 Å². The topological polar surface area (TPSA) is 0 Å². The highest BCUT2D eigenvalue weighted by Crippen LogP contribution is 2.60. The predicted octanol–water partition coefficient (Wildman–Crippen LogP) is 8.89. The van der Waals surface area contributed by atoms with Gasteiger partial charge in [0.25, 0.3) is 0 Å². The molecule has 0 aromatic heterocycles. The van der Waals surface area contributed by atoms with Gasteiger partial charge in [0.2, 0.25) is 0 Å². The van der Waals surface area contributed by atoms with Crippen LogP contribution in [0.4, 0.5) is 0 Å². The maximum atomic E-state index is 4.35. The van der Waals surface area contributed by atoms with Crippen molar-refractivity contribution in [2.75, 3.05) is 0 Å². The lowest BCUT2D eigenvalue weighted by Gasteiger charge is -2.44. The predicted molar refractivity (Wildman–Crippen MR) is 124 cm³/mol. The van der Waals surface area contributed by atoms with Crippen molar-refractivity contribution in [3.63, 3.8) is 0 Å². The van der Waals surface area contributed by atoms with Crippen molar-refractivity contribution in [3.05, 3.63) is 35.5 Å². The Balaban J connectivity index is 1.70. The molecular formula is C28H46. The van der Waals surface area contributed by atoms with Gasteiger partial charge in [-0.2, -0.15) is 0 Å². The first-order valence-electron chi connectivity index (χ1n) is 12.4. The van der Waals surface area contributed by atoms with Gasteiger partial charge in [0.1, 0.15) is 0 Å². The first kappa shape index (κ1) is 21.9. The number of allylic oxidation sites excluding steroid dienone is 5. The number of fused-ring (bicyclic) bond motifs is 1. The molecule has 0 N–H and O–H groups in total. The Morgan fingerprint density at radius 3 is 2.61 bits per heavy atom. The summed E-state index contributed by atoms with van der Waals surface area (Å²) in [7, 11) is 0. The average molecular weight is 383 g/mol. The number of rotatable bonds is 6. The summed E-state index contributed by atoms with van der Waals surface area (Å²) in [5.41, 5.74) is 5.26. The third-order valence-corrected chi connectivity index (χ3v) is 8.63. The Hall–Kier alpha value is -0.780. The lowest BCUT2D eigenvalue weighted by molar-refractivity contribution is 0.0929. The van der Waals surface area contributed by atoms with E-state index in [9.17, 15) is 0 Å². The first-order chi connectivity index (χ1) is 13.3. The molecule has 0 saturated heterocycles. The van der Waals surface area contributed by atoms with Crippen LogP contribution in [0.3, 0.4) is 0 Å². The van der Waals surface area contributed by atoms with Crippen LogP contribution in [0.2, 0.25) is 0 Å². The Morgan fingerprint density at radius 1 is 1.07 bits per heavy atom. The van der Waals surface area contributed by atoms with Crippen molar-refractivity contribution < 1.29 is 0 Å². The van der Waals surface area contributed by atoms with Gasteiger partial charge in [-0.15, -0.1) is 0 Å². The van der Waals surface area contributed by atoms with E-state index in [4.69, 9.17) is 0 Å². The smallest absolute Gasteiger partial charge is 0.0143 e. The van der Waals surface area contributed by atoms with Gasteiger partial charge in [0.05, 0.1) is 0 Å². The summed E-state index contributed by atoms with van der Waals surface area (Å²) in [5, 5.41) is 0. The number of hydrogen-bond donors (Lipinski definition) is 0. The standard InChI is InChI=1S/C28H46/c1-20(2)9-7-10-23(5)26-16-17-27-24(11-8-18-28(26,27)6)14-15-25-19-21(3)12-13-22(25)4/h14-15,20-21,23,26-27H,4,7-13,16-19H2,1-3,5-6H3/b24-14+,25-15-/t21-,23+,26?,27?,28+/m0/s1. The van der Waals surface area contributed by atoms with Gasteiger partial charge in [-0.05, 0) is 91.9 Å². The molecule has 28 heavy (non-hydrogen) atoms. The van der Waals surface area contributed by atoms with Gasteiger partial charge < -0.3 is 0 Å². The van der Waals surface area contributed by atoms with E-state index in [2.05, 4.69) is 53.3 Å². The summed E-state index contributed by atoms with van der Waals surface area (Å²) in [6.45, 7) is 16.7. The van der Waals surface area contributed by atoms with Crippen LogP contribution in [-0.2, 0) is 0 Å². The third kappa shape index (κ3) is 4.85. The molecule has 3 fully saturated rings. The van der Waals surface area contributed by atoms with E-state index in [1.165, 1.54) is 81.8 Å². The lowest BCUT2D eigenvalue weighted by atomic mass is 9.60.